The summed E-state index contributed by atoms with van der Waals surface area (Å²) >= 11 is 0. The Morgan fingerprint density at radius 3 is 2.32 bits per heavy atom. The van der Waals surface area contributed by atoms with Crippen LogP contribution in [-0.2, 0) is 5.41 Å². The molecule has 0 heterocycles. The van der Waals surface area contributed by atoms with E-state index in [1.165, 1.54) is 33.4 Å². The number of hydrogen-bond donors (Lipinski definition) is 0. The van der Waals surface area contributed by atoms with Crippen molar-refractivity contribution < 1.29 is 0 Å². The summed E-state index contributed by atoms with van der Waals surface area (Å²) in [5.41, 5.74) is 7.87. The first-order valence-electron chi connectivity index (χ1n) is 7.79. The lowest BCUT2D eigenvalue weighted by molar-refractivity contribution is 0.655. The van der Waals surface area contributed by atoms with Crippen molar-refractivity contribution in [1.82, 2.24) is 0 Å². The Balaban J connectivity index is 2.20. The summed E-state index contributed by atoms with van der Waals surface area (Å²) in [6.07, 6.45) is 6.32. The van der Waals surface area contributed by atoms with E-state index in [1.54, 1.807) is 0 Å². The van der Waals surface area contributed by atoms with Crippen LogP contribution < -0.4 is 0 Å². The maximum atomic E-state index is 4.04. The minimum absolute atomic E-state index is 0.00326. The molecule has 0 fully saturated rings. The molecule has 1 aliphatic carbocycles. The van der Waals surface area contributed by atoms with Crippen molar-refractivity contribution in [3.8, 4) is 11.1 Å². The molecule has 0 atom stereocenters. The van der Waals surface area contributed by atoms with Crippen LogP contribution in [0.3, 0.4) is 0 Å². The number of fused-ring (bicyclic) bond motifs is 1. The fourth-order valence-corrected chi connectivity index (χ4v) is 3.44. The predicted molar refractivity (Wildman–Crippen MR) is 96.8 cm³/mol. The molecule has 0 aliphatic heterocycles. The highest BCUT2D eigenvalue weighted by molar-refractivity contribution is 5.89. The molecular weight excluding hydrogens is 264 g/mol. The minimum atomic E-state index is -0.00326. The lowest BCUT2D eigenvalue weighted by Gasteiger charge is -2.23. The highest BCUT2D eigenvalue weighted by Crippen LogP contribution is 2.48. The highest BCUT2D eigenvalue weighted by atomic mass is 14.4. The second-order valence-electron chi connectivity index (χ2n) is 6.28. The molecule has 0 bridgehead atoms. The molecule has 22 heavy (non-hydrogen) atoms. The lowest BCUT2D eigenvalue weighted by atomic mass is 9.80. The average molecular weight is 286 g/mol. The van der Waals surface area contributed by atoms with E-state index in [4.69, 9.17) is 0 Å². The maximum absolute atomic E-state index is 4.04. The van der Waals surface area contributed by atoms with Gasteiger partial charge in [0.15, 0.2) is 0 Å². The van der Waals surface area contributed by atoms with Gasteiger partial charge in [0.2, 0.25) is 0 Å². The number of allylic oxidation sites excluding steroid dienone is 5. The van der Waals surface area contributed by atoms with Crippen molar-refractivity contribution in [2.24, 2.45) is 0 Å². The molecule has 1 aliphatic rings. The van der Waals surface area contributed by atoms with Crippen LogP contribution in [0.25, 0.3) is 16.7 Å². The molecule has 0 nitrogen and oxygen atoms in total. The monoisotopic (exact) mass is 286 g/mol. The molecule has 0 amide bonds. The Kier molecular flexibility index (Phi) is 3.62. The smallest absolute Gasteiger partial charge is 0.0158 e. The molecule has 0 saturated carbocycles. The average Bonchev–Trinajstić information content (AvgIpc) is 2.75. The Bertz CT molecular complexity index is 771. The topological polar surface area (TPSA) is 0 Å². The molecule has 0 aromatic heterocycles. The minimum Gasteiger partial charge on any atom is -0.0987 e. The molecule has 0 N–H and O–H groups in total. The number of benzene rings is 2. The van der Waals surface area contributed by atoms with Crippen LogP contribution in [0.4, 0.5) is 0 Å². The molecule has 0 heteroatoms. The van der Waals surface area contributed by atoms with Crippen LogP contribution in [0.5, 0.6) is 0 Å². The van der Waals surface area contributed by atoms with E-state index in [0.29, 0.717) is 0 Å². The van der Waals surface area contributed by atoms with E-state index in [-0.39, 0.29) is 5.41 Å². The van der Waals surface area contributed by atoms with Gasteiger partial charge in [-0.05, 0) is 46.4 Å². The van der Waals surface area contributed by atoms with Crippen LogP contribution >= 0.6 is 0 Å². The third kappa shape index (κ3) is 2.16. The first kappa shape index (κ1) is 14.6. The maximum Gasteiger partial charge on any atom is 0.0158 e. The van der Waals surface area contributed by atoms with Crippen LogP contribution in [0.2, 0.25) is 0 Å². The first-order chi connectivity index (χ1) is 10.6. The van der Waals surface area contributed by atoms with Gasteiger partial charge < -0.3 is 0 Å². The second-order valence-corrected chi connectivity index (χ2v) is 6.28. The van der Waals surface area contributed by atoms with Gasteiger partial charge in [0, 0.05) is 5.41 Å². The molecule has 2 aromatic carbocycles. The normalized spacial score (nSPS) is 16.1. The van der Waals surface area contributed by atoms with E-state index < -0.39 is 0 Å². The van der Waals surface area contributed by atoms with Crippen LogP contribution in [0, 0.1) is 0 Å². The summed E-state index contributed by atoms with van der Waals surface area (Å²) in [5.74, 6) is 0. The van der Waals surface area contributed by atoms with Crippen LogP contribution in [0.15, 0.2) is 78.9 Å². The van der Waals surface area contributed by atoms with Crippen molar-refractivity contribution in [3.63, 3.8) is 0 Å². The Morgan fingerprint density at radius 1 is 0.955 bits per heavy atom. The van der Waals surface area contributed by atoms with Gasteiger partial charge >= 0.3 is 0 Å². The van der Waals surface area contributed by atoms with Crippen molar-refractivity contribution >= 4 is 5.57 Å². The summed E-state index contributed by atoms with van der Waals surface area (Å²) in [7, 11) is 0. The fourth-order valence-electron chi connectivity index (χ4n) is 3.44. The molecular formula is C22H22. The standard InChI is InChI=1S/C22H22/c1-5-10-18-19-14-13-17(16-11-8-7-9-12-16)15-21(19)22(3,4)20(18)6-2/h5-15H,2H2,1,3-4H3/b10-5-. The van der Waals surface area contributed by atoms with Crippen molar-refractivity contribution in [3.05, 3.63) is 90.0 Å². The van der Waals surface area contributed by atoms with E-state index in [1.807, 2.05) is 6.08 Å². The van der Waals surface area contributed by atoms with Gasteiger partial charge in [-0.1, -0.05) is 81.1 Å². The van der Waals surface area contributed by atoms with Gasteiger partial charge in [-0.2, -0.15) is 0 Å². The van der Waals surface area contributed by atoms with Gasteiger partial charge in [-0.3, -0.25) is 0 Å². The van der Waals surface area contributed by atoms with Crippen molar-refractivity contribution in [2.75, 3.05) is 0 Å². The summed E-state index contributed by atoms with van der Waals surface area (Å²) in [4.78, 5) is 0. The Morgan fingerprint density at radius 2 is 1.68 bits per heavy atom. The first-order valence-corrected chi connectivity index (χ1v) is 7.79. The summed E-state index contributed by atoms with van der Waals surface area (Å²) in [6, 6.07) is 17.4. The number of rotatable bonds is 3. The third-order valence-corrected chi connectivity index (χ3v) is 4.59. The van der Waals surface area contributed by atoms with E-state index in [0.717, 1.165) is 0 Å². The molecule has 3 rings (SSSR count). The molecule has 0 spiro atoms. The zero-order chi connectivity index (χ0) is 15.7. The van der Waals surface area contributed by atoms with Gasteiger partial charge in [-0.15, -0.1) is 0 Å². The van der Waals surface area contributed by atoms with Crippen molar-refractivity contribution in [2.45, 2.75) is 26.2 Å². The SMILES string of the molecule is C=CC1=C(/C=C\C)c2ccc(-c3ccccc3)cc2C1(C)C. The largest absolute Gasteiger partial charge is 0.0987 e. The summed E-state index contributed by atoms with van der Waals surface area (Å²) < 4.78 is 0. The highest BCUT2D eigenvalue weighted by Gasteiger charge is 2.35. The third-order valence-electron chi connectivity index (χ3n) is 4.59. The van der Waals surface area contributed by atoms with E-state index in [2.05, 4.69) is 88.0 Å². The Hall–Kier alpha value is -2.34. The van der Waals surface area contributed by atoms with Gasteiger partial charge in [0.25, 0.3) is 0 Å². The van der Waals surface area contributed by atoms with E-state index >= 15 is 0 Å². The quantitative estimate of drug-likeness (QED) is 0.633. The summed E-state index contributed by atoms with van der Waals surface area (Å²) in [5, 5.41) is 0. The molecule has 110 valence electrons. The van der Waals surface area contributed by atoms with Gasteiger partial charge in [-0.25, -0.2) is 0 Å². The Labute approximate surface area is 133 Å². The molecule has 0 saturated heterocycles. The molecule has 0 unspecified atom stereocenters. The van der Waals surface area contributed by atoms with E-state index in [9.17, 15) is 0 Å². The zero-order valence-electron chi connectivity index (χ0n) is 13.6. The predicted octanol–water partition coefficient (Wildman–Crippen LogP) is 6.16. The molecule has 2 aromatic rings. The summed E-state index contributed by atoms with van der Waals surface area (Å²) in [6.45, 7) is 10.7. The van der Waals surface area contributed by atoms with Crippen LogP contribution in [0.1, 0.15) is 31.9 Å². The fraction of sp³-hybridized carbons (Fsp3) is 0.182. The lowest BCUT2D eigenvalue weighted by Crippen LogP contribution is -2.16. The zero-order valence-corrected chi connectivity index (χ0v) is 13.6. The van der Waals surface area contributed by atoms with Crippen LogP contribution in [-0.4, -0.2) is 0 Å². The second kappa shape index (κ2) is 5.46. The van der Waals surface area contributed by atoms with Gasteiger partial charge in [0.05, 0.1) is 0 Å². The van der Waals surface area contributed by atoms with Gasteiger partial charge in [0.1, 0.15) is 0 Å². The van der Waals surface area contributed by atoms with Crippen molar-refractivity contribution in [1.29, 1.82) is 0 Å². The molecule has 0 radical (unpaired) electrons. The number of hydrogen-bond acceptors (Lipinski definition) is 0.